The summed E-state index contributed by atoms with van der Waals surface area (Å²) in [6.45, 7) is 5.89. The van der Waals surface area contributed by atoms with Crippen LogP contribution in [-0.4, -0.2) is 29.3 Å². The van der Waals surface area contributed by atoms with Crippen molar-refractivity contribution in [1.82, 2.24) is 4.90 Å². The Bertz CT molecular complexity index is 341. The molecule has 1 fully saturated rings. The molecule has 18 heavy (non-hydrogen) atoms. The van der Waals surface area contributed by atoms with Crippen LogP contribution in [0, 0.1) is 0 Å². The zero-order valence-electron chi connectivity index (χ0n) is 11.5. The van der Waals surface area contributed by atoms with Crippen molar-refractivity contribution < 1.29 is 0 Å². The van der Waals surface area contributed by atoms with E-state index in [1.54, 1.807) is 0 Å². The monoisotopic (exact) mass is 263 g/mol. The van der Waals surface area contributed by atoms with Gasteiger partial charge in [-0.25, -0.2) is 0 Å². The summed E-state index contributed by atoms with van der Waals surface area (Å²) in [6.07, 6.45) is 4.08. The van der Waals surface area contributed by atoms with Gasteiger partial charge in [-0.1, -0.05) is 36.8 Å². The highest BCUT2D eigenvalue weighted by Gasteiger charge is 2.26. The molecule has 0 saturated carbocycles. The van der Waals surface area contributed by atoms with Crippen molar-refractivity contribution in [3.63, 3.8) is 0 Å². The quantitative estimate of drug-likeness (QED) is 0.805. The van der Waals surface area contributed by atoms with E-state index in [0.29, 0.717) is 5.92 Å². The maximum atomic E-state index is 4.56. The molecule has 0 amide bonds. The fraction of sp³-hybridized carbons (Fsp3) is 0.625. The molecule has 1 unspecified atom stereocenters. The maximum Gasteiger partial charge on any atom is 0.00700 e. The first kappa shape index (κ1) is 14.0. The second kappa shape index (κ2) is 6.63. The topological polar surface area (TPSA) is 3.24 Å². The van der Waals surface area contributed by atoms with E-state index in [-0.39, 0.29) is 0 Å². The van der Waals surface area contributed by atoms with E-state index in [1.807, 2.05) is 0 Å². The predicted octanol–water partition coefficient (Wildman–Crippen LogP) is 3.96. The molecule has 1 aromatic rings. The van der Waals surface area contributed by atoms with E-state index in [2.05, 4.69) is 61.7 Å². The molecule has 2 rings (SSSR count). The number of hydrogen-bond acceptors (Lipinski definition) is 2. The fourth-order valence-corrected chi connectivity index (χ4v) is 3.41. The number of likely N-dealkylation sites (tertiary alicyclic amines) is 1. The molecule has 1 nitrogen and oxygen atoms in total. The zero-order valence-corrected chi connectivity index (χ0v) is 12.4. The molecule has 1 saturated heterocycles. The highest BCUT2D eigenvalue weighted by Crippen LogP contribution is 2.27. The first-order valence-electron chi connectivity index (χ1n) is 7.14. The van der Waals surface area contributed by atoms with Gasteiger partial charge < -0.3 is 0 Å². The molecule has 0 spiro atoms. The summed E-state index contributed by atoms with van der Waals surface area (Å²) in [5, 5.41) is 0. The fourth-order valence-electron chi connectivity index (χ4n) is 3.08. The first-order valence-corrected chi connectivity index (χ1v) is 7.77. The van der Waals surface area contributed by atoms with Gasteiger partial charge in [0.15, 0.2) is 0 Å². The van der Waals surface area contributed by atoms with Gasteiger partial charge in [-0.15, -0.1) is 0 Å². The van der Waals surface area contributed by atoms with E-state index in [1.165, 1.54) is 24.8 Å². The predicted molar refractivity (Wildman–Crippen MR) is 82.5 cm³/mol. The van der Waals surface area contributed by atoms with Gasteiger partial charge in [-0.3, -0.25) is 4.90 Å². The average molecular weight is 263 g/mol. The van der Waals surface area contributed by atoms with Gasteiger partial charge in [0.1, 0.15) is 0 Å². The Morgan fingerprint density at radius 2 is 1.78 bits per heavy atom. The molecular formula is C16H25NS. The summed E-state index contributed by atoms with van der Waals surface area (Å²) in [4.78, 5) is 2.68. The Morgan fingerprint density at radius 3 is 2.33 bits per heavy atom. The summed E-state index contributed by atoms with van der Waals surface area (Å²) < 4.78 is 0. The standard InChI is InChI=1S/C16H25NS/c1-13-7-6-8-14(2)17(13)11-16(12-18)15-9-4-3-5-10-15/h3-5,9-10,13-14,16,18H,6-8,11-12H2,1-2H3/t13-,14+,16?. The third kappa shape index (κ3) is 3.30. The van der Waals surface area contributed by atoms with Gasteiger partial charge in [-0.2, -0.15) is 12.6 Å². The van der Waals surface area contributed by atoms with Crippen LogP contribution in [0.1, 0.15) is 44.6 Å². The smallest absolute Gasteiger partial charge is 0.00700 e. The number of piperidine rings is 1. The van der Waals surface area contributed by atoms with E-state index >= 15 is 0 Å². The Balaban J connectivity index is 2.05. The van der Waals surface area contributed by atoms with Crippen LogP contribution in [0.25, 0.3) is 0 Å². The molecule has 1 aliphatic rings. The third-order valence-electron chi connectivity index (χ3n) is 4.30. The van der Waals surface area contributed by atoms with Gasteiger partial charge >= 0.3 is 0 Å². The number of rotatable bonds is 4. The minimum atomic E-state index is 0.553. The van der Waals surface area contributed by atoms with E-state index in [9.17, 15) is 0 Å². The summed E-state index contributed by atoms with van der Waals surface area (Å²) >= 11 is 4.56. The highest BCUT2D eigenvalue weighted by molar-refractivity contribution is 7.80. The minimum Gasteiger partial charge on any atom is -0.297 e. The zero-order chi connectivity index (χ0) is 13.0. The molecule has 1 aromatic carbocycles. The summed E-state index contributed by atoms with van der Waals surface area (Å²) in [6, 6.07) is 12.3. The molecule has 0 aliphatic carbocycles. The summed E-state index contributed by atoms with van der Waals surface area (Å²) in [5.41, 5.74) is 1.43. The van der Waals surface area contributed by atoms with Crippen molar-refractivity contribution in [2.24, 2.45) is 0 Å². The lowest BCUT2D eigenvalue weighted by molar-refractivity contribution is 0.0980. The van der Waals surface area contributed by atoms with Crippen molar-refractivity contribution in [2.75, 3.05) is 12.3 Å². The lowest BCUT2D eigenvalue weighted by Gasteiger charge is -2.41. The van der Waals surface area contributed by atoms with Gasteiger partial charge in [0.05, 0.1) is 0 Å². The second-order valence-electron chi connectivity index (χ2n) is 5.62. The van der Waals surface area contributed by atoms with Crippen LogP contribution in [0.3, 0.4) is 0 Å². The van der Waals surface area contributed by atoms with E-state index < -0.39 is 0 Å². The number of nitrogens with zero attached hydrogens (tertiary/aromatic N) is 1. The Hall–Kier alpha value is -0.470. The van der Waals surface area contributed by atoms with Gasteiger partial charge in [0.2, 0.25) is 0 Å². The summed E-state index contributed by atoms with van der Waals surface area (Å²) in [5.74, 6) is 1.48. The Kier molecular flexibility index (Phi) is 5.13. The third-order valence-corrected chi connectivity index (χ3v) is 4.74. The molecular weight excluding hydrogens is 238 g/mol. The molecule has 0 bridgehead atoms. The molecule has 1 aliphatic heterocycles. The van der Waals surface area contributed by atoms with Crippen molar-refractivity contribution >= 4 is 12.6 Å². The van der Waals surface area contributed by atoms with Crippen molar-refractivity contribution in [3.8, 4) is 0 Å². The van der Waals surface area contributed by atoms with E-state index in [0.717, 1.165) is 24.4 Å². The van der Waals surface area contributed by atoms with Crippen LogP contribution in [0.4, 0.5) is 0 Å². The Morgan fingerprint density at radius 1 is 1.17 bits per heavy atom. The van der Waals surface area contributed by atoms with Gasteiger partial charge in [0.25, 0.3) is 0 Å². The van der Waals surface area contributed by atoms with Crippen LogP contribution >= 0.6 is 12.6 Å². The molecule has 2 heteroatoms. The van der Waals surface area contributed by atoms with Crippen LogP contribution in [-0.2, 0) is 0 Å². The number of thiol groups is 1. The summed E-state index contributed by atoms with van der Waals surface area (Å²) in [7, 11) is 0. The molecule has 1 heterocycles. The first-order chi connectivity index (χ1) is 8.72. The van der Waals surface area contributed by atoms with Gasteiger partial charge in [0, 0.05) is 24.5 Å². The molecule has 0 N–H and O–H groups in total. The maximum absolute atomic E-state index is 4.56. The van der Waals surface area contributed by atoms with Crippen LogP contribution in [0.2, 0.25) is 0 Å². The van der Waals surface area contributed by atoms with Crippen molar-refractivity contribution in [2.45, 2.75) is 51.1 Å². The number of benzene rings is 1. The van der Waals surface area contributed by atoms with Gasteiger partial charge in [-0.05, 0) is 38.0 Å². The normalized spacial score (nSPS) is 27.1. The number of hydrogen-bond donors (Lipinski definition) is 1. The lowest BCUT2D eigenvalue weighted by atomic mass is 9.93. The van der Waals surface area contributed by atoms with Crippen molar-refractivity contribution in [1.29, 1.82) is 0 Å². The highest BCUT2D eigenvalue weighted by atomic mass is 32.1. The lowest BCUT2D eigenvalue weighted by Crippen LogP contribution is -2.45. The minimum absolute atomic E-state index is 0.553. The van der Waals surface area contributed by atoms with Crippen molar-refractivity contribution in [3.05, 3.63) is 35.9 Å². The van der Waals surface area contributed by atoms with Crippen LogP contribution < -0.4 is 0 Å². The second-order valence-corrected chi connectivity index (χ2v) is 5.98. The molecule has 3 atom stereocenters. The van der Waals surface area contributed by atoms with Crippen LogP contribution in [0.5, 0.6) is 0 Å². The van der Waals surface area contributed by atoms with Crippen LogP contribution in [0.15, 0.2) is 30.3 Å². The average Bonchev–Trinajstić information content (AvgIpc) is 2.40. The SMILES string of the molecule is C[C@@H]1CCC[C@H](C)N1CC(CS)c1ccccc1. The molecule has 0 aromatic heterocycles. The van der Waals surface area contributed by atoms with E-state index in [4.69, 9.17) is 0 Å². The molecule has 0 radical (unpaired) electrons. The largest absolute Gasteiger partial charge is 0.297 e. The Labute approximate surface area is 117 Å². The molecule has 100 valence electrons.